The van der Waals surface area contributed by atoms with Crippen LogP contribution >= 0.6 is 0 Å². The van der Waals surface area contributed by atoms with E-state index in [2.05, 4.69) is 5.32 Å². The number of amides is 1. The van der Waals surface area contributed by atoms with Gasteiger partial charge in [0.05, 0.1) is 18.4 Å². The van der Waals surface area contributed by atoms with Gasteiger partial charge in [-0.05, 0) is 49.2 Å². The average molecular weight is 338 g/mol. The van der Waals surface area contributed by atoms with E-state index in [1.807, 2.05) is 53.4 Å². The third-order valence-electron chi connectivity index (χ3n) is 4.67. The number of likely N-dealkylation sites (tertiary alicyclic amines) is 1. The lowest BCUT2D eigenvalue weighted by Crippen LogP contribution is -2.34. The van der Waals surface area contributed by atoms with E-state index >= 15 is 0 Å². The summed E-state index contributed by atoms with van der Waals surface area (Å²) in [5, 5.41) is 3.37. The maximum atomic E-state index is 13.0. The van der Waals surface area contributed by atoms with Crippen molar-refractivity contribution >= 4 is 17.3 Å². The van der Waals surface area contributed by atoms with Gasteiger partial charge in [-0.25, -0.2) is 0 Å². The summed E-state index contributed by atoms with van der Waals surface area (Å²) in [6.07, 6.45) is 5.92. The van der Waals surface area contributed by atoms with Crippen molar-refractivity contribution in [2.45, 2.75) is 32.1 Å². The van der Waals surface area contributed by atoms with Crippen LogP contribution in [0, 0.1) is 0 Å². The first-order valence-corrected chi connectivity index (χ1v) is 9.07. The normalized spacial score (nSPS) is 15.2. The van der Waals surface area contributed by atoms with Crippen LogP contribution in [-0.2, 0) is 0 Å². The number of methoxy groups -OCH3 is 1. The average Bonchev–Trinajstić information content (AvgIpc) is 2.62. The fourth-order valence-electron chi connectivity index (χ4n) is 3.23. The van der Waals surface area contributed by atoms with Crippen LogP contribution in [0.5, 0.6) is 5.75 Å². The molecule has 4 nitrogen and oxygen atoms in total. The molecule has 1 amide bonds. The minimum absolute atomic E-state index is 0.124. The monoisotopic (exact) mass is 338 g/mol. The SMILES string of the molecule is COc1ccc(Nc2ccccc2C(=O)N2CCCCCCC2)cc1. The van der Waals surface area contributed by atoms with E-state index in [1.165, 1.54) is 19.3 Å². The van der Waals surface area contributed by atoms with E-state index in [0.29, 0.717) is 0 Å². The third-order valence-corrected chi connectivity index (χ3v) is 4.67. The molecule has 1 heterocycles. The molecule has 25 heavy (non-hydrogen) atoms. The minimum atomic E-state index is 0.124. The van der Waals surface area contributed by atoms with Gasteiger partial charge in [-0.2, -0.15) is 0 Å². The van der Waals surface area contributed by atoms with Crippen LogP contribution in [0.15, 0.2) is 48.5 Å². The highest BCUT2D eigenvalue weighted by atomic mass is 16.5. The number of carbonyl (C=O) groups is 1. The number of rotatable bonds is 4. The molecule has 1 saturated heterocycles. The predicted octanol–water partition coefficient (Wildman–Crippen LogP) is 4.85. The van der Waals surface area contributed by atoms with Gasteiger partial charge in [0, 0.05) is 18.8 Å². The van der Waals surface area contributed by atoms with Crippen molar-refractivity contribution in [2.24, 2.45) is 0 Å². The van der Waals surface area contributed by atoms with Crippen LogP contribution in [0.25, 0.3) is 0 Å². The van der Waals surface area contributed by atoms with Crippen molar-refractivity contribution in [1.82, 2.24) is 4.90 Å². The largest absolute Gasteiger partial charge is 0.497 e. The van der Waals surface area contributed by atoms with Crippen LogP contribution < -0.4 is 10.1 Å². The van der Waals surface area contributed by atoms with Gasteiger partial charge >= 0.3 is 0 Å². The number of carbonyl (C=O) groups excluding carboxylic acids is 1. The molecular formula is C21H26N2O2. The summed E-state index contributed by atoms with van der Waals surface area (Å²) in [5.74, 6) is 0.939. The molecule has 0 aliphatic carbocycles. The second kappa shape index (κ2) is 8.56. The summed E-state index contributed by atoms with van der Waals surface area (Å²) in [4.78, 5) is 15.0. The number of para-hydroxylation sites is 1. The molecule has 3 rings (SSSR count). The van der Waals surface area contributed by atoms with Crippen molar-refractivity contribution in [3.05, 3.63) is 54.1 Å². The lowest BCUT2D eigenvalue weighted by Gasteiger charge is -2.26. The van der Waals surface area contributed by atoms with Crippen LogP contribution in [0.2, 0.25) is 0 Å². The smallest absolute Gasteiger partial charge is 0.255 e. The summed E-state index contributed by atoms with van der Waals surface area (Å²) in [6, 6.07) is 15.5. The molecule has 0 radical (unpaired) electrons. The van der Waals surface area contributed by atoms with Crippen molar-refractivity contribution < 1.29 is 9.53 Å². The quantitative estimate of drug-likeness (QED) is 0.867. The summed E-state index contributed by atoms with van der Waals surface area (Å²) in [6.45, 7) is 1.71. The standard InChI is InChI=1S/C21H26N2O2/c1-25-18-13-11-17(12-14-18)22-20-10-6-5-9-19(20)21(24)23-15-7-3-2-4-8-16-23/h5-6,9-14,22H,2-4,7-8,15-16H2,1H3. The summed E-state index contributed by atoms with van der Waals surface area (Å²) >= 11 is 0. The molecule has 0 unspecified atom stereocenters. The van der Waals surface area contributed by atoms with Gasteiger partial charge in [0.15, 0.2) is 0 Å². The summed E-state index contributed by atoms with van der Waals surface area (Å²) < 4.78 is 5.19. The highest BCUT2D eigenvalue weighted by molar-refractivity contribution is 6.00. The van der Waals surface area contributed by atoms with E-state index in [4.69, 9.17) is 4.74 Å². The highest BCUT2D eigenvalue weighted by Crippen LogP contribution is 2.24. The number of nitrogens with one attached hydrogen (secondary N) is 1. The number of anilines is 2. The fraction of sp³-hybridized carbons (Fsp3) is 0.381. The molecule has 2 aromatic rings. The maximum absolute atomic E-state index is 13.0. The van der Waals surface area contributed by atoms with Gasteiger partial charge in [-0.1, -0.05) is 31.4 Å². The second-order valence-electron chi connectivity index (χ2n) is 6.46. The van der Waals surface area contributed by atoms with E-state index in [-0.39, 0.29) is 5.91 Å². The van der Waals surface area contributed by atoms with E-state index in [1.54, 1.807) is 7.11 Å². The Balaban J connectivity index is 1.78. The van der Waals surface area contributed by atoms with Gasteiger partial charge in [-0.15, -0.1) is 0 Å². The molecule has 132 valence electrons. The molecule has 1 aliphatic rings. The van der Waals surface area contributed by atoms with E-state index in [0.717, 1.165) is 48.6 Å². The number of hydrogen-bond donors (Lipinski definition) is 1. The Bertz CT molecular complexity index is 689. The molecule has 1 N–H and O–H groups in total. The Labute approximate surface area is 149 Å². The van der Waals surface area contributed by atoms with Crippen molar-refractivity contribution in [1.29, 1.82) is 0 Å². The van der Waals surface area contributed by atoms with E-state index < -0.39 is 0 Å². The lowest BCUT2D eigenvalue weighted by molar-refractivity contribution is 0.0743. The zero-order chi connectivity index (χ0) is 17.5. The summed E-state index contributed by atoms with van der Waals surface area (Å²) in [5.41, 5.74) is 2.52. The Hall–Kier alpha value is -2.49. The Morgan fingerprint density at radius 1 is 0.920 bits per heavy atom. The summed E-state index contributed by atoms with van der Waals surface area (Å²) in [7, 11) is 1.65. The number of benzene rings is 2. The highest BCUT2D eigenvalue weighted by Gasteiger charge is 2.19. The predicted molar refractivity (Wildman–Crippen MR) is 102 cm³/mol. The van der Waals surface area contributed by atoms with Gasteiger partial charge in [-0.3, -0.25) is 4.79 Å². The Morgan fingerprint density at radius 2 is 1.56 bits per heavy atom. The molecular weight excluding hydrogens is 312 g/mol. The zero-order valence-corrected chi connectivity index (χ0v) is 14.8. The molecule has 0 atom stereocenters. The first kappa shape index (κ1) is 17.3. The fourth-order valence-corrected chi connectivity index (χ4v) is 3.23. The van der Waals surface area contributed by atoms with Gasteiger partial charge in [0.2, 0.25) is 0 Å². The molecule has 2 aromatic carbocycles. The van der Waals surface area contributed by atoms with Gasteiger partial charge < -0.3 is 15.0 Å². The van der Waals surface area contributed by atoms with Crippen molar-refractivity contribution in [2.75, 3.05) is 25.5 Å². The van der Waals surface area contributed by atoms with Gasteiger partial charge in [0.25, 0.3) is 5.91 Å². The molecule has 4 heteroatoms. The van der Waals surface area contributed by atoms with Crippen LogP contribution in [0.1, 0.15) is 42.5 Å². The molecule has 0 aromatic heterocycles. The third kappa shape index (κ3) is 4.53. The van der Waals surface area contributed by atoms with Crippen LogP contribution in [0.4, 0.5) is 11.4 Å². The molecule has 0 saturated carbocycles. The number of ether oxygens (including phenoxy) is 1. The maximum Gasteiger partial charge on any atom is 0.255 e. The molecule has 0 spiro atoms. The molecule has 0 bridgehead atoms. The Kier molecular flexibility index (Phi) is 5.94. The van der Waals surface area contributed by atoms with Crippen LogP contribution in [0.3, 0.4) is 0 Å². The van der Waals surface area contributed by atoms with Crippen molar-refractivity contribution in [3.8, 4) is 5.75 Å². The minimum Gasteiger partial charge on any atom is -0.497 e. The van der Waals surface area contributed by atoms with Gasteiger partial charge in [0.1, 0.15) is 5.75 Å². The van der Waals surface area contributed by atoms with Crippen molar-refractivity contribution in [3.63, 3.8) is 0 Å². The molecule has 1 aliphatic heterocycles. The topological polar surface area (TPSA) is 41.6 Å². The number of nitrogens with zero attached hydrogens (tertiary/aromatic N) is 1. The first-order valence-electron chi connectivity index (χ1n) is 9.07. The molecule has 1 fully saturated rings. The lowest BCUT2D eigenvalue weighted by atomic mass is 10.1. The Morgan fingerprint density at radius 3 is 2.24 bits per heavy atom. The second-order valence-corrected chi connectivity index (χ2v) is 6.46. The number of hydrogen-bond acceptors (Lipinski definition) is 3. The van der Waals surface area contributed by atoms with Crippen LogP contribution in [-0.4, -0.2) is 31.0 Å². The zero-order valence-electron chi connectivity index (χ0n) is 14.8. The first-order chi connectivity index (χ1) is 12.3. The van der Waals surface area contributed by atoms with E-state index in [9.17, 15) is 4.79 Å².